The third-order valence-corrected chi connectivity index (χ3v) is 5.74. The number of likely N-dealkylation sites (N-methyl/N-ethyl adjacent to an activating group) is 1. The van der Waals surface area contributed by atoms with Crippen molar-refractivity contribution in [1.29, 1.82) is 0 Å². The van der Waals surface area contributed by atoms with E-state index in [-0.39, 0.29) is 16.2 Å². The number of carbonyl (C=O) groups excluding carboxylic acids is 2. The molecule has 0 bridgehead atoms. The summed E-state index contributed by atoms with van der Waals surface area (Å²) < 4.78 is 33.0. The van der Waals surface area contributed by atoms with E-state index in [1.807, 2.05) is 18.4 Å². The number of nitrogens with zero attached hydrogens (tertiary/aromatic N) is 1. The second-order valence-corrected chi connectivity index (χ2v) is 8.32. The van der Waals surface area contributed by atoms with Gasteiger partial charge in [0, 0.05) is 11.9 Å². The van der Waals surface area contributed by atoms with Crippen molar-refractivity contribution in [1.82, 2.24) is 4.90 Å². The largest absolute Gasteiger partial charge is 0.496 e. The number of aryl methyl sites for hydroxylation is 1. The fraction of sp³-hybridized carbons (Fsp3) is 0.294. The Morgan fingerprint density at radius 3 is 2.52 bits per heavy atom. The van der Waals surface area contributed by atoms with Gasteiger partial charge in [0.25, 0.3) is 5.91 Å². The van der Waals surface area contributed by atoms with Crippen molar-refractivity contribution in [3.63, 3.8) is 0 Å². The van der Waals surface area contributed by atoms with Crippen molar-refractivity contribution in [3.05, 3.63) is 45.6 Å². The molecule has 10 heteroatoms. The average Bonchev–Trinajstić information content (AvgIpc) is 3.02. The molecule has 1 aromatic heterocycles. The number of ether oxygens (including phenoxy) is 2. The summed E-state index contributed by atoms with van der Waals surface area (Å²) in [5, 5.41) is 7.01. The number of rotatable bonds is 7. The predicted octanol–water partition coefficient (Wildman–Crippen LogP) is 1.53. The molecule has 0 spiro atoms. The van der Waals surface area contributed by atoms with Crippen LogP contribution in [0.15, 0.2) is 34.5 Å². The normalized spacial score (nSPS) is 11.1. The molecule has 0 radical (unpaired) electrons. The zero-order valence-corrected chi connectivity index (χ0v) is 16.7. The fourth-order valence-electron chi connectivity index (χ4n) is 2.21. The van der Waals surface area contributed by atoms with Crippen molar-refractivity contribution in [2.75, 3.05) is 20.8 Å². The molecule has 1 heterocycles. The molecule has 0 aliphatic rings. The van der Waals surface area contributed by atoms with Gasteiger partial charge in [-0.25, -0.2) is 18.4 Å². The molecule has 0 atom stereocenters. The van der Waals surface area contributed by atoms with Crippen molar-refractivity contribution in [3.8, 4) is 5.75 Å². The molecule has 1 aromatic carbocycles. The van der Waals surface area contributed by atoms with Crippen LogP contribution >= 0.6 is 11.3 Å². The zero-order chi connectivity index (χ0) is 20.2. The second kappa shape index (κ2) is 8.51. The quantitative estimate of drug-likeness (QED) is 0.690. The summed E-state index contributed by atoms with van der Waals surface area (Å²) in [4.78, 5) is 26.7. The van der Waals surface area contributed by atoms with E-state index in [9.17, 15) is 18.0 Å². The zero-order valence-electron chi connectivity index (χ0n) is 15.1. The van der Waals surface area contributed by atoms with Crippen LogP contribution in [0, 0.1) is 6.92 Å². The van der Waals surface area contributed by atoms with Gasteiger partial charge in [-0.05, 0) is 42.1 Å². The Hall–Kier alpha value is -2.43. The van der Waals surface area contributed by atoms with E-state index in [4.69, 9.17) is 14.6 Å². The molecular weight excluding hydrogens is 392 g/mol. The van der Waals surface area contributed by atoms with Crippen LogP contribution in [0.25, 0.3) is 0 Å². The number of hydrogen-bond donors (Lipinski definition) is 1. The molecule has 2 rings (SSSR count). The van der Waals surface area contributed by atoms with Gasteiger partial charge in [-0.15, -0.1) is 11.3 Å². The summed E-state index contributed by atoms with van der Waals surface area (Å²) in [5.41, 5.74) is 0.953. The Morgan fingerprint density at radius 1 is 1.26 bits per heavy atom. The lowest BCUT2D eigenvalue weighted by Gasteiger charge is -2.17. The molecule has 0 saturated carbocycles. The Bertz CT molecular complexity index is 952. The minimum atomic E-state index is -4.00. The predicted molar refractivity (Wildman–Crippen MR) is 100 cm³/mol. The molecular formula is C17H20N2O6S2. The first kappa shape index (κ1) is 20.9. The molecule has 2 aromatic rings. The molecule has 0 fully saturated rings. The summed E-state index contributed by atoms with van der Waals surface area (Å²) in [5.74, 6) is -1.16. The lowest BCUT2D eigenvalue weighted by Crippen LogP contribution is -2.30. The maximum absolute atomic E-state index is 12.3. The average molecular weight is 412 g/mol. The first-order valence-electron chi connectivity index (χ1n) is 7.78. The highest BCUT2D eigenvalue weighted by molar-refractivity contribution is 7.89. The molecule has 0 unspecified atom stereocenters. The number of sulfonamides is 1. The standard InChI is InChI=1S/C17H20N2O6S2/c1-11-6-7-26-15(11)9-19(2)16(20)10-25-17(21)13-8-12(27(18,22)23)4-5-14(13)24-3/h4-8H,9-10H2,1-3H3,(H2,18,22,23). The number of esters is 1. The molecule has 1 amide bonds. The number of nitrogens with two attached hydrogens (primary N) is 1. The smallest absolute Gasteiger partial charge is 0.342 e. The summed E-state index contributed by atoms with van der Waals surface area (Å²) in [6.07, 6.45) is 0. The van der Waals surface area contributed by atoms with Crippen LogP contribution in [-0.4, -0.2) is 46.0 Å². The van der Waals surface area contributed by atoms with E-state index in [0.717, 1.165) is 16.5 Å². The minimum Gasteiger partial charge on any atom is -0.496 e. The van der Waals surface area contributed by atoms with Gasteiger partial charge in [-0.3, -0.25) is 4.79 Å². The van der Waals surface area contributed by atoms with Crippen LogP contribution in [-0.2, 0) is 26.1 Å². The van der Waals surface area contributed by atoms with Crippen molar-refractivity contribution in [2.24, 2.45) is 5.14 Å². The van der Waals surface area contributed by atoms with Crippen LogP contribution in [0.5, 0.6) is 5.75 Å². The van der Waals surface area contributed by atoms with Crippen LogP contribution in [0.2, 0.25) is 0 Å². The van der Waals surface area contributed by atoms with E-state index in [1.165, 1.54) is 35.5 Å². The highest BCUT2D eigenvalue weighted by Crippen LogP contribution is 2.23. The van der Waals surface area contributed by atoms with Gasteiger partial charge in [-0.2, -0.15) is 0 Å². The van der Waals surface area contributed by atoms with Crippen LogP contribution in [0.4, 0.5) is 0 Å². The molecule has 2 N–H and O–H groups in total. The molecule has 8 nitrogen and oxygen atoms in total. The van der Waals surface area contributed by atoms with Gasteiger partial charge in [-0.1, -0.05) is 0 Å². The molecule has 27 heavy (non-hydrogen) atoms. The number of hydrogen-bond acceptors (Lipinski definition) is 7. The monoisotopic (exact) mass is 412 g/mol. The lowest BCUT2D eigenvalue weighted by molar-refractivity contribution is -0.133. The van der Waals surface area contributed by atoms with E-state index < -0.39 is 28.5 Å². The molecule has 0 aliphatic carbocycles. The Morgan fingerprint density at radius 2 is 1.96 bits per heavy atom. The van der Waals surface area contributed by atoms with Crippen molar-refractivity contribution < 1.29 is 27.5 Å². The van der Waals surface area contributed by atoms with Gasteiger partial charge >= 0.3 is 5.97 Å². The number of benzene rings is 1. The number of primary sulfonamides is 1. The number of thiophene rings is 1. The van der Waals surface area contributed by atoms with Gasteiger partial charge < -0.3 is 14.4 Å². The summed E-state index contributed by atoms with van der Waals surface area (Å²) >= 11 is 1.54. The van der Waals surface area contributed by atoms with E-state index >= 15 is 0 Å². The Labute approximate surface area is 161 Å². The minimum absolute atomic E-state index is 0.113. The van der Waals surface area contributed by atoms with Gasteiger partial charge in [0.05, 0.1) is 18.6 Å². The van der Waals surface area contributed by atoms with Crippen LogP contribution in [0.3, 0.4) is 0 Å². The SMILES string of the molecule is COc1ccc(S(N)(=O)=O)cc1C(=O)OCC(=O)N(C)Cc1sccc1C. The lowest BCUT2D eigenvalue weighted by atomic mass is 10.2. The first-order chi connectivity index (χ1) is 12.6. The molecule has 0 aliphatic heterocycles. The summed E-state index contributed by atoms with van der Waals surface area (Å²) in [6.45, 7) is 1.88. The topological polar surface area (TPSA) is 116 Å². The maximum Gasteiger partial charge on any atom is 0.342 e. The van der Waals surface area contributed by atoms with Crippen LogP contribution < -0.4 is 9.88 Å². The number of carbonyl (C=O) groups is 2. The Balaban J connectivity index is 2.06. The van der Waals surface area contributed by atoms with Crippen LogP contribution in [0.1, 0.15) is 20.8 Å². The van der Waals surface area contributed by atoms with Gasteiger partial charge in [0.15, 0.2) is 6.61 Å². The van der Waals surface area contributed by atoms with Gasteiger partial charge in [0.2, 0.25) is 10.0 Å². The first-order valence-corrected chi connectivity index (χ1v) is 10.2. The maximum atomic E-state index is 12.3. The summed E-state index contributed by atoms with van der Waals surface area (Å²) in [6, 6.07) is 5.53. The highest BCUT2D eigenvalue weighted by atomic mass is 32.2. The second-order valence-electron chi connectivity index (χ2n) is 5.76. The van der Waals surface area contributed by atoms with Gasteiger partial charge in [0.1, 0.15) is 11.3 Å². The Kier molecular flexibility index (Phi) is 6.58. The van der Waals surface area contributed by atoms with Crippen molar-refractivity contribution >= 4 is 33.2 Å². The number of methoxy groups -OCH3 is 1. The third kappa shape index (κ3) is 5.28. The van der Waals surface area contributed by atoms with E-state index in [2.05, 4.69) is 0 Å². The summed E-state index contributed by atoms with van der Waals surface area (Å²) in [7, 11) is -1.07. The highest BCUT2D eigenvalue weighted by Gasteiger charge is 2.20. The fourth-order valence-corrected chi connectivity index (χ4v) is 3.71. The molecule has 0 saturated heterocycles. The van der Waals surface area contributed by atoms with Crippen molar-refractivity contribution in [2.45, 2.75) is 18.4 Å². The van der Waals surface area contributed by atoms with E-state index in [1.54, 1.807) is 7.05 Å². The third-order valence-electron chi connectivity index (χ3n) is 3.82. The molecule has 146 valence electrons. The van der Waals surface area contributed by atoms with E-state index in [0.29, 0.717) is 6.54 Å². The number of amides is 1.